The third kappa shape index (κ3) is 2.73. The van der Waals surface area contributed by atoms with E-state index in [0.717, 1.165) is 17.1 Å². The molecule has 0 unspecified atom stereocenters. The quantitative estimate of drug-likeness (QED) is 0.753. The van der Waals surface area contributed by atoms with E-state index in [2.05, 4.69) is 0 Å². The molecule has 0 N–H and O–H groups in total. The maximum absolute atomic E-state index is 11.2. The lowest BCUT2D eigenvalue weighted by Crippen LogP contribution is -2.28. The standard InChI is InChI=1S/C13H15NO5/c15-13-14(4-6-17-13)3-5-16-8-10-1-2-11-12(7-10)19-9-18-11/h1-2,7H,3-6,8-9H2. The first-order valence-corrected chi connectivity index (χ1v) is 6.21. The van der Waals surface area contributed by atoms with Crippen LogP contribution in [-0.4, -0.2) is 44.1 Å². The van der Waals surface area contributed by atoms with Gasteiger partial charge in [0.15, 0.2) is 11.5 Å². The summed E-state index contributed by atoms with van der Waals surface area (Å²) in [5, 5.41) is 0. The number of rotatable bonds is 5. The molecule has 102 valence electrons. The average molecular weight is 265 g/mol. The lowest BCUT2D eigenvalue weighted by molar-refractivity contribution is 0.0990. The monoisotopic (exact) mass is 265 g/mol. The summed E-state index contributed by atoms with van der Waals surface area (Å²) in [6.45, 7) is 2.93. The first kappa shape index (κ1) is 12.1. The maximum atomic E-state index is 11.2. The molecule has 6 nitrogen and oxygen atoms in total. The molecule has 3 rings (SSSR count). The number of carbonyl (C=O) groups is 1. The molecule has 19 heavy (non-hydrogen) atoms. The second kappa shape index (κ2) is 5.36. The number of carbonyl (C=O) groups excluding carboxylic acids is 1. The third-order valence-electron chi connectivity index (χ3n) is 3.06. The van der Waals surface area contributed by atoms with Gasteiger partial charge in [-0.25, -0.2) is 4.79 Å². The Morgan fingerprint density at radius 1 is 1.21 bits per heavy atom. The van der Waals surface area contributed by atoms with Crippen molar-refractivity contribution in [2.24, 2.45) is 0 Å². The molecule has 0 radical (unpaired) electrons. The number of cyclic esters (lactones) is 1. The van der Waals surface area contributed by atoms with Gasteiger partial charge in [-0.15, -0.1) is 0 Å². The fourth-order valence-corrected chi connectivity index (χ4v) is 2.02. The lowest BCUT2D eigenvalue weighted by atomic mass is 10.2. The lowest BCUT2D eigenvalue weighted by Gasteiger charge is -2.12. The molecule has 1 saturated heterocycles. The van der Waals surface area contributed by atoms with Crippen LogP contribution in [0.2, 0.25) is 0 Å². The van der Waals surface area contributed by atoms with Crippen LogP contribution in [0.15, 0.2) is 18.2 Å². The highest BCUT2D eigenvalue weighted by Crippen LogP contribution is 2.32. The van der Waals surface area contributed by atoms with Crippen molar-refractivity contribution >= 4 is 6.09 Å². The summed E-state index contributed by atoms with van der Waals surface area (Å²) >= 11 is 0. The molecule has 0 atom stereocenters. The van der Waals surface area contributed by atoms with E-state index in [1.807, 2.05) is 18.2 Å². The van der Waals surface area contributed by atoms with Gasteiger partial charge in [0, 0.05) is 6.54 Å². The van der Waals surface area contributed by atoms with Gasteiger partial charge in [-0.1, -0.05) is 6.07 Å². The Labute approximate surface area is 110 Å². The minimum absolute atomic E-state index is 0.258. The van der Waals surface area contributed by atoms with Crippen LogP contribution in [0, 0.1) is 0 Å². The molecule has 0 bridgehead atoms. The summed E-state index contributed by atoms with van der Waals surface area (Å²) in [6.07, 6.45) is -0.258. The van der Waals surface area contributed by atoms with E-state index in [1.54, 1.807) is 4.90 Å². The number of hydrogen-bond acceptors (Lipinski definition) is 5. The fraction of sp³-hybridized carbons (Fsp3) is 0.462. The summed E-state index contributed by atoms with van der Waals surface area (Å²) in [4.78, 5) is 12.8. The Bertz CT molecular complexity index is 476. The Kier molecular flexibility index (Phi) is 3.41. The van der Waals surface area contributed by atoms with E-state index in [0.29, 0.717) is 32.9 Å². The minimum Gasteiger partial charge on any atom is -0.454 e. The number of benzene rings is 1. The SMILES string of the molecule is O=C1OCCN1CCOCc1ccc2c(c1)OCO2. The zero-order valence-electron chi connectivity index (χ0n) is 10.5. The van der Waals surface area contributed by atoms with Crippen molar-refractivity contribution in [3.05, 3.63) is 23.8 Å². The fourth-order valence-electron chi connectivity index (χ4n) is 2.02. The zero-order valence-corrected chi connectivity index (χ0v) is 10.5. The van der Waals surface area contributed by atoms with Crippen molar-refractivity contribution in [2.45, 2.75) is 6.61 Å². The van der Waals surface area contributed by atoms with E-state index in [9.17, 15) is 4.79 Å². The van der Waals surface area contributed by atoms with Gasteiger partial charge in [0.2, 0.25) is 6.79 Å². The number of fused-ring (bicyclic) bond motifs is 1. The highest BCUT2D eigenvalue weighted by Gasteiger charge is 2.21. The zero-order chi connectivity index (χ0) is 13.1. The van der Waals surface area contributed by atoms with E-state index in [4.69, 9.17) is 18.9 Å². The molecule has 6 heteroatoms. The summed E-state index contributed by atoms with van der Waals surface area (Å²) in [6, 6.07) is 5.73. The maximum Gasteiger partial charge on any atom is 0.410 e. The normalized spacial score (nSPS) is 16.8. The van der Waals surface area contributed by atoms with Crippen molar-refractivity contribution < 1.29 is 23.7 Å². The summed E-state index contributed by atoms with van der Waals surface area (Å²) < 4.78 is 20.9. The molecule has 0 saturated carbocycles. The Morgan fingerprint density at radius 2 is 2.11 bits per heavy atom. The predicted molar refractivity (Wildman–Crippen MR) is 65.1 cm³/mol. The van der Waals surface area contributed by atoms with Crippen LogP contribution in [0.4, 0.5) is 4.79 Å². The smallest absolute Gasteiger partial charge is 0.410 e. The predicted octanol–water partition coefficient (Wildman–Crippen LogP) is 1.38. The second-order valence-electron chi connectivity index (χ2n) is 4.34. The van der Waals surface area contributed by atoms with E-state index < -0.39 is 0 Å². The molecule has 0 aromatic heterocycles. The Morgan fingerprint density at radius 3 is 2.95 bits per heavy atom. The van der Waals surface area contributed by atoms with Crippen LogP contribution in [0.3, 0.4) is 0 Å². The van der Waals surface area contributed by atoms with Gasteiger partial charge in [-0.05, 0) is 17.7 Å². The molecule has 0 spiro atoms. The van der Waals surface area contributed by atoms with Crippen LogP contribution in [0.25, 0.3) is 0 Å². The van der Waals surface area contributed by atoms with Gasteiger partial charge in [-0.3, -0.25) is 0 Å². The van der Waals surface area contributed by atoms with Crippen molar-refractivity contribution in [3.8, 4) is 11.5 Å². The van der Waals surface area contributed by atoms with E-state index in [1.165, 1.54) is 0 Å². The largest absolute Gasteiger partial charge is 0.454 e. The first-order chi connectivity index (χ1) is 9.33. The van der Waals surface area contributed by atoms with Crippen LogP contribution >= 0.6 is 0 Å². The number of hydrogen-bond donors (Lipinski definition) is 0. The van der Waals surface area contributed by atoms with Crippen LogP contribution in [0.5, 0.6) is 11.5 Å². The van der Waals surface area contributed by atoms with E-state index in [-0.39, 0.29) is 12.9 Å². The highest BCUT2D eigenvalue weighted by molar-refractivity contribution is 5.69. The van der Waals surface area contributed by atoms with Crippen LogP contribution in [-0.2, 0) is 16.1 Å². The van der Waals surface area contributed by atoms with Crippen molar-refractivity contribution in [1.29, 1.82) is 0 Å². The third-order valence-corrected chi connectivity index (χ3v) is 3.06. The Hall–Kier alpha value is -1.95. The van der Waals surface area contributed by atoms with Gasteiger partial charge < -0.3 is 23.8 Å². The second-order valence-corrected chi connectivity index (χ2v) is 4.34. The molecule has 2 aliphatic heterocycles. The van der Waals surface area contributed by atoms with Gasteiger partial charge >= 0.3 is 6.09 Å². The molecule has 2 heterocycles. The number of nitrogens with zero attached hydrogens (tertiary/aromatic N) is 1. The van der Waals surface area contributed by atoms with Crippen molar-refractivity contribution in [1.82, 2.24) is 4.90 Å². The molecule has 1 fully saturated rings. The summed E-state index contributed by atoms with van der Waals surface area (Å²) in [5.41, 5.74) is 1.02. The molecule has 1 amide bonds. The number of amides is 1. The van der Waals surface area contributed by atoms with E-state index >= 15 is 0 Å². The molecule has 1 aromatic carbocycles. The Balaban J connectivity index is 1.43. The molecular weight excluding hydrogens is 250 g/mol. The van der Waals surface area contributed by atoms with Crippen LogP contribution < -0.4 is 9.47 Å². The van der Waals surface area contributed by atoms with Crippen LogP contribution in [0.1, 0.15) is 5.56 Å². The van der Waals surface area contributed by atoms with Gasteiger partial charge in [0.25, 0.3) is 0 Å². The molecular formula is C13H15NO5. The van der Waals surface area contributed by atoms with Gasteiger partial charge in [-0.2, -0.15) is 0 Å². The topological polar surface area (TPSA) is 57.2 Å². The minimum atomic E-state index is -0.258. The first-order valence-electron chi connectivity index (χ1n) is 6.21. The van der Waals surface area contributed by atoms with Gasteiger partial charge in [0.05, 0.1) is 19.8 Å². The number of ether oxygens (including phenoxy) is 4. The van der Waals surface area contributed by atoms with Gasteiger partial charge in [0.1, 0.15) is 6.61 Å². The van der Waals surface area contributed by atoms with Crippen molar-refractivity contribution in [2.75, 3.05) is 33.1 Å². The average Bonchev–Trinajstić information content (AvgIpc) is 3.03. The molecule has 2 aliphatic rings. The van der Waals surface area contributed by atoms with Crippen molar-refractivity contribution in [3.63, 3.8) is 0 Å². The molecule has 0 aliphatic carbocycles. The highest BCUT2D eigenvalue weighted by atomic mass is 16.7. The summed E-state index contributed by atoms with van der Waals surface area (Å²) in [7, 11) is 0. The molecule has 1 aromatic rings. The summed E-state index contributed by atoms with van der Waals surface area (Å²) in [5.74, 6) is 1.52.